The normalized spacial score (nSPS) is 18.5. The maximum atomic E-state index is 13.5. The van der Waals surface area contributed by atoms with Crippen molar-refractivity contribution in [3.63, 3.8) is 0 Å². The highest BCUT2D eigenvalue weighted by atomic mass is 79.9. The quantitative estimate of drug-likeness (QED) is 0.432. The fraction of sp³-hybridized carbons (Fsp3) is 0.478. The van der Waals surface area contributed by atoms with Crippen LogP contribution in [0.3, 0.4) is 0 Å². The molecule has 4 heterocycles. The zero-order valence-electron chi connectivity index (χ0n) is 19.1. The minimum absolute atomic E-state index is 0.0171. The number of carbonyl (C=O) groups is 2. The highest BCUT2D eigenvalue weighted by molar-refractivity contribution is 9.10. The van der Waals surface area contributed by atoms with Crippen LogP contribution in [0.1, 0.15) is 54.9 Å². The summed E-state index contributed by atoms with van der Waals surface area (Å²) in [6.45, 7) is 6.36. The molecule has 2 atom stereocenters. The Bertz CT molecular complexity index is 1190. The van der Waals surface area contributed by atoms with Gasteiger partial charge in [0.05, 0.1) is 35.6 Å². The van der Waals surface area contributed by atoms with Gasteiger partial charge in [-0.15, -0.1) is 0 Å². The summed E-state index contributed by atoms with van der Waals surface area (Å²) < 4.78 is 19.6. The SMILES string of the molecule is CCOC(=O)N(c1c(C(=O)c2cnn(C)c2)oc2nc(C)c(Br)cc12)C1CCOC(CC)C1. The van der Waals surface area contributed by atoms with E-state index >= 15 is 0 Å². The van der Waals surface area contributed by atoms with E-state index in [0.717, 1.165) is 10.9 Å². The molecule has 4 rings (SSSR count). The van der Waals surface area contributed by atoms with Crippen LogP contribution in [-0.2, 0) is 16.5 Å². The average molecular weight is 519 g/mol. The smallest absolute Gasteiger partial charge is 0.414 e. The zero-order valence-corrected chi connectivity index (χ0v) is 20.7. The monoisotopic (exact) mass is 518 g/mol. The van der Waals surface area contributed by atoms with Gasteiger partial charge < -0.3 is 13.9 Å². The van der Waals surface area contributed by atoms with Gasteiger partial charge in [-0.2, -0.15) is 5.10 Å². The highest BCUT2D eigenvalue weighted by Crippen LogP contribution is 2.40. The minimum Gasteiger partial charge on any atom is -0.449 e. The van der Waals surface area contributed by atoms with E-state index in [1.807, 2.05) is 13.0 Å². The first-order valence-electron chi connectivity index (χ1n) is 11.0. The Balaban J connectivity index is 1.93. The fourth-order valence-electron chi connectivity index (χ4n) is 4.13. The van der Waals surface area contributed by atoms with Gasteiger partial charge in [-0.3, -0.25) is 14.4 Å². The summed E-state index contributed by atoms with van der Waals surface area (Å²) in [5.41, 5.74) is 1.72. The molecule has 0 spiro atoms. The lowest BCUT2D eigenvalue weighted by molar-refractivity contribution is 0.00468. The molecule has 176 valence electrons. The standard InChI is InChI=1S/C23H27BrN4O5/c1-5-16-9-15(7-8-32-16)28(23(30)31-6-2)19-17-10-18(24)13(3)26-22(17)33-21(19)20(29)14-11-25-27(4)12-14/h10-12,15-16H,5-9H2,1-4H3. The molecule has 0 N–H and O–H groups in total. The lowest BCUT2D eigenvalue weighted by Gasteiger charge is -2.36. The van der Waals surface area contributed by atoms with Gasteiger partial charge in [0.15, 0.2) is 0 Å². The molecule has 10 heteroatoms. The second-order valence-corrected chi connectivity index (χ2v) is 8.92. The van der Waals surface area contributed by atoms with Crippen LogP contribution in [0, 0.1) is 6.92 Å². The van der Waals surface area contributed by atoms with Gasteiger partial charge in [0, 0.05) is 30.4 Å². The molecule has 1 saturated heterocycles. The van der Waals surface area contributed by atoms with Crippen molar-refractivity contribution >= 4 is 44.6 Å². The van der Waals surface area contributed by atoms with Gasteiger partial charge in [0.2, 0.25) is 17.3 Å². The number of fused-ring (bicyclic) bond motifs is 1. The Morgan fingerprint density at radius 1 is 1.36 bits per heavy atom. The highest BCUT2D eigenvalue weighted by Gasteiger charge is 2.38. The number of anilines is 1. The van der Waals surface area contributed by atoms with Crippen LogP contribution >= 0.6 is 15.9 Å². The third-order valence-electron chi connectivity index (χ3n) is 5.82. The Kier molecular flexibility index (Phi) is 6.85. The number of pyridine rings is 1. The summed E-state index contributed by atoms with van der Waals surface area (Å²) in [4.78, 5) is 32.9. The molecule has 9 nitrogen and oxygen atoms in total. The largest absolute Gasteiger partial charge is 0.449 e. The lowest BCUT2D eigenvalue weighted by atomic mass is 9.98. The van der Waals surface area contributed by atoms with Gasteiger partial charge in [0.1, 0.15) is 5.69 Å². The molecule has 0 bridgehead atoms. The van der Waals surface area contributed by atoms with Gasteiger partial charge >= 0.3 is 6.09 Å². The molecule has 1 fully saturated rings. The van der Waals surface area contributed by atoms with Crippen molar-refractivity contribution in [2.45, 2.75) is 52.2 Å². The second kappa shape index (κ2) is 9.64. The second-order valence-electron chi connectivity index (χ2n) is 8.07. The van der Waals surface area contributed by atoms with Crippen LogP contribution in [0.5, 0.6) is 0 Å². The summed E-state index contributed by atoms with van der Waals surface area (Å²) in [6.07, 6.45) is 4.65. The molecule has 3 aromatic heterocycles. The van der Waals surface area contributed by atoms with Crippen molar-refractivity contribution in [1.82, 2.24) is 14.8 Å². The Hall–Kier alpha value is -2.72. The maximum Gasteiger partial charge on any atom is 0.414 e. The molecule has 0 aromatic carbocycles. The van der Waals surface area contributed by atoms with E-state index in [-0.39, 0.29) is 36.0 Å². The van der Waals surface area contributed by atoms with Crippen LogP contribution in [0.4, 0.5) is 10.5 Å². The first-order valence-corrected chi connectivity index (χ1v) is 11.8. The number of ether oxygens (including phenoxy) is 2. The van der Waals surface area contributed by atoms with Crippen molar-refractivity contribution in [3.8, 4) is 0 Å². The van der Waals surface area contributed by atoms with Gasteiger partial charge in [-0.25, -0.2) is 9.78 Å². The molecule has 33 heavy (non-hydrogen) atoms. The van der Waals surface area contributed by atoms with E-state index < -0.39 is 6.09 Å². The number of rotatable bonds is 6. The van der Waals surface area contributed by atoms with Crippen molar-refractivity contribution in [3.05, 3.63) is 40.0 Å². The molecule has 0 radical (unpaired) electrons. The van der Waals surface area contributed by atoms with Crippen LogP contribution in [-0.4, -0.2) is 52.0 Å². The average Bonchev–Trinajstić information content (AvgIpc) is 3.38. The number of hydrogen-bond donors (Lipinski definition) is 0. The van der Waals surface area contributed by atoms with Crippen molar-refractivity contribution in [1.29, 1.82) is 0 Å². The molecule has 0 aliphatic carbocycles. The first kappa shape index (κ1) is 23.4. The van der Waals surface area contributed by atoms with Gasteiger partial charge in [0.25, 0.3) is 0 Å². The summed E-state index contributed by atoms with van der Waals surface area (Å²) in [7, 11) is 1.73. The molecular weight excluding hydrogens is 492 g/mol. The molecule has 0 saturated carbocycles. The number of amides is 1. The van der Waals surface area contributed by atoms with E-state index in [9.17, 15) is 9.59 Å². The number of halogens is 1. The van der Waals surface area contributed by atoms with Crippen molar-refractivity contribution in [2.75, 3.05) is 18.1 Å². The van der Waals surface area contributed by atoms with Crippen LogP contribution in [0.2, 0.25) is 0 Å². The summed E-state index contributed by atoms with van der Waals surface area (Å²) in [5, 5.41) is 4.67. The number of aryl methyl sites for hydroxylation is 2. The fourth-order valence-corrected chi connectivity index (χ4v) is 4.45. The number of nitrogens with zero attached hydrogens (tertiary/aromatic N) is 4. The molecule has 1 amide bonds. The van der Waals surface area contributed by atoms with E-state index in [2.05, 4.69) is 32.9 Å². The molecular formula is C23H27BrN4O5. The topological polar surface area (TPSA) is 99.7 Å². The maximum absolute atomic E-state index is 13.5. The van der Waals surface area contributed by atoms with Crippen LogP contribution in [0.15, 0.2) is 27.3 Å². The third-order valence-corrected chi connectivity index (χ3v) is 6.63. The van der Waals surface area contributed by atoms with E-state index in [0.29, 0.717) is 41.8 Å². The summed E-state index contributed by atoms with van der Waals surface area (Å²) >= 11 is 3.52. The van der Waals surface area contributed by atoms with Crippen molar-refractivity contribution in [2.24, 2.45) is 7.05 Å². The minimum atomic E-state index is -0.529. The van der Waals surface area contributed by atoms with E-state index in [1.54, 1.807) is 29.7 Å². The van der Waals surface area contributed by atoms with Crippen molar-refractivity contribution < 1.29 is 23.5 Å². The Morgan fingerprint density at radius 3 is 2.82 bits per heavy atom. The van der Waals surface area contributed by atoms with Gasteiger partial charge in [-0.1, -0.05) is 6.92 Å². The molecule has 2 unspecified atom stereocenters. The predicted molar refractivity (Wildman–Crippen MR) is 126 cm³/mol. The number of carbonyl (C=O) groups excluding carboxylic acids is 2. The van der Waals surface area contributed by atoms with Crippen LogP contribution in [0.25, 0.3) is 11.1 Å². The number of furan rings is 1. The first-order chi connectivity index (χ1) is 15.8. The zero-order chi connectivity index (χ0) is 23.7. The van der Waals surface area contributed by atoms with E-state index in [4.69, 9.17) is 13.9 Å². The molecule has 1 aliphatic rings. The Morgan fingerprint density at radius 2 is 2.15 bits per heavy atom. The number of aromatic nitrogens is 3. The lowest BCUT2D eigenvalue weighted by Crippen LogP contribution is -2.46. The number of hydrogen-bond acceptors (Lipinski definition) is 7. The molecule has 1 aliphatic heterocycles. The third kappa shape index (κ3) is 4.54. The van der Waals surface area contributed by atoms with Gasteiger partial charge in [-0.05, 0) is 55.1 Å². The van der Waals surface area contributed by atoms with Crippen LogP contribution < -0.4 is 4.90 Å². The summed E-state index contributed by atoms with van der Waals surface area (Å²) in [6, 6.07) is 1.61. The Labute approximate surface area is 200 Å². The predicted octanol–water partition coefficient (Wildman–Crippen LogP) is 4.78. The van der Waals surface area contributed by atoms with E-state index in [1.165, 1.54) is 6.20 Å². The summed E-state index contributed by atoms with van der Waals surface area (Å²) in [5.74, 6) is -0.339. The number of ketones is 1. The molecule has 3 aromatic rings.